The zero-order valence-electron chi connectivity index (χ0n) is 16.7. The lowest BCUT2D eigenvalue weighted by atomic mass is 9.90. The van der Waals surface area contributed by atoms with E-state index in [2.05, 4.69) is 32.8 Å². The number of rotatable bonds is 6. The van der Waals surface area contributed by atoms with Crippen LogP contribution in [0.25, 0.3) is 5.69 Å². The molecule has 0 spiro atoms. The molecule has 6 heteroatoms. The Hall–Kier alpha value is -2.99. The molecule has 3 aromatic heterocycles. The molecule has 4 aromatic rings. The highest BCUT2D eigenvalue weighted by atomic mass is 32.2. The number of benzene rings is 1. The molecule has 0 amide bonds. The molecular weight excluding hydrogens is 390 g/mol. The van der Waals surface area contributed by atoms with Crippen molar-refractivity contribution in [2.24, 2.45) is 0 Å². The van der Waals surface area contributed by atoms with Gasteiger partial charge in [0.2, 0.25) is 0 Å². The Balaban J connectivity index is 1.51. The van der Waals surface area contributed by atoms with E-state index in [1.807, 2.05) is 49.1 Å². The van der Waals surface area contributed by atoms with Gasteiger partial charge < -0.3 is 0 Å². The second kappa shape index (κ2) is 8.79. The van der Waals surface area contributed by atoms with Gasteiger partial charge >= 0.3 is 0 Å². The highest BCUT2D eigenvalue weighted by molar-refractivity contribution is 7.98. The Labute approximate surface area is 180 Å². The van der Waals surface area contributed by atoms with Crippen LogP contribution in [-0.4, -0.2) is 24.7 Å². The summed E-state index contributed by atoms with van der Waals surface area (Å²) in [5, 5.41) is 4.96. The molecule has 1 aliphatic rings. The Morgan fingerprint density at radius 3 is 2.47 bits per heavy atom. The summed E-state index contributed by atoms with van der Waals surface area (Å²) in [5.41, 5.74) is 5.24. The summed E-state index contributed by atoms with van der Waals surface area (Å²) in [6.45, 7) is 0. The fraction of sp³-hybridized carbons (Fsp3) is 0.250. The van der Waals surface area contributed by atoms with Gasteiger partial charge in [0.15, 0.2) is 5.82 Å². The maximum atomic E-state index is 4.96. The minimum Gasteiger partial charge on any atom is -0.265 e. The van der Waals surface area contributed by atoms with Gasteiger partial charge in [0.05, 0.1) is 11.4 Å². The molecule has 150 valence electrons. The van der Waals surface area contributed by atoms with Crippen molar-refractivity contribution in [3.63, 3.8) is 0 Å². The lowest BCUT2D eigenvalue weighted by molar-refractivity contribution is 0.673. The first-order valence-corrected chi connectivity index (χ1v) is 11.3. The summed E-state index contributed by atoms with van der Waals surface area (Å²) in [6.07, 6.45) is 12.8. The summed E-state index contributed by atoms with van der Waals surface area (Å²) in [4.78, 5) is 14.4. The van der Waals surface area contributed by atoms with Crippen LogP contribution in [-0.2, 0) is 25.0 Å². The molecule has 30 heavy (non-hydrogen) atoms. The van der Waals surface area contributed by atoms with Gasteiger partial charge in [0, 0.05) is 36.1 Å². The van der Waals surface area contributed by atoms with Gasteiger partial charge in [-0.15, -0.1) is 11.8 Å². The molecule has 0 saturated heterocycles. The van der Waals surface area contributed by atoms with Crippen molar-refractivity contribution in [2.75, 3.05) is 0 Å². The second-order valence-corrected chi connectivity index (χ2v) is 8.53. The van der Waals surface area contributed by atoms with Gasteiger partial charge in [-0.25, -0.2) is 9.67 Å². The van der Waals surface area contributed by atoms with Crippen molar-refractivity contribution in [1.29, 1.82) is 0 Å². The fourth-order valence-electron chi connectivity index (χ4n) is 3.98. The highest BCUT2D eigenvalue weighted by Gasteiger charge is 2.19. The fourth-order valence-corrected chi connectivity index (χ4v) is 4.77. The third kappa shape index (κ3) is 4.14. The number of pyridine rings is 2. The summed E-state index contributed by atoms with van der Waals surface area (Å²) >= 11 is 1.77. The molecule has 5 nitrogen and oxygen atoms in total. The highest BCUT2D eigenvalue weighted by Crippen LogP contribution is 2.29. The van der Waals surface area contributed by atoms with Crippen molar-refractivity contribution in [3.05, 3.63) is 95.6 Å². The molecule has 0 N–H and O–H groups in total. The van der Waals surface area contributed by atoms with E-state index in [0.29, 0.717) is 6.42 Å². The number of thioether (sulfide) groups is 1. The lowest BCUT2D eigenvalue weighted by Gasteiger charge is -2.19. The number of hydrogen-bond donors (Lipinski definition) is 0. The zero-order valence-corrected chi connectivity index (χ0v) is 17.6. The van der Waals surface area contributed by atoms with Crippen molar-refractivity contribution >= 4 is 11.8 Å². The van der Waals surface area contributed by atoms with Crippen molar-refractivity contribution in [2.45, 2.75) is 42.8 Å². The van der Waals surface area contributed by atoms with E-state index in [0.717, 1.165) is 30.2 Å². The molecule has 3 heterocycles. The summed E-state index contributed by atoms with van der Waals surface area (Å²) < 4.78 is 2.08. The number of nitrogens with zero attached hydrogens (tertiary/aromatic N) is 5. The number of hydrogen-bond acceptors (Lipinski definition) is 5. The molecule has 0 saturated carbocycles. The van der Waals surface area contributed by atoms with E-state index in [9.17, 15) is 0 Å². The van der Waals surface area contributed by atoms with E-state index < -0.39 is 0 Å². The van der Waals surface area contributed by atoms with Gasteiger partial charge in [-0.3, -0.25) is 9.97 Å². The van der Waals surface area contributed by atoms with E-state index in [-0.39, 0.29) is 0 Å². The van der Waals surface area contributed by atoms with Crippen LogP contribution in [0, 0.1) is 0 Å². The number of aryl methyl sites for hydroxylation is 1. The molecule has 0 bridgehead atoms. The molecule has 0 fully saturated rings. The summed E-state index contributed by atoms with van der Waals surface area (Å²) in [7, 11) is 0. The molecular formula is C24H23N5S. The molecule has 0 unspecified atom stereocenters. The van der Waals surface area contributed by atoms with E-state index in [4.69, 9.17) is 10.1 Å². The minimum atomic E-state index is 0.706. The smallest absolute Gasteiger partial charge is 0.155 e. The van der Waals surface area contributed by atoms with Crippen LogP contribution in [0.3, 0.4) is 0 Å². The second-order valence-electron chi connectivity index (χ2n) is 7.48. The molecule has 0 atom stereocenters. The minimum absolute atomic E-state index is 0.706. The van der Waals surface area contributed by atoms with Crippen molar-refractivity contribution in [1.82, 2.24) is 24.7 Å². The predicted molar refractivity (Wildman–Crippen MR) is 119 cm³/mol. The van der Waals surface area contributed by atoms with Gasteiger partial charge in [0.25, 0.3) is 0 Å². The lowest BCUT2D eigenvalue weighted by Crippen LogP contribution is -2.11. The van der Waals surface area contributed by atoms with Crippen LogP contribution in [0.1, 0.15) is 41.2 Å². The largest absolute Gasteiger partial charge is 0.265 e. The Morgan fingerprint density at radius 2 is 1.63 bits per heavy atom. The van der Waals surface area contributed by atoms with Gasteiger partial charge in [0.1, 0.15) is 5.82 Å². The Morgan fingerprint density at radius 1 is 0.867 bits per heavy atom. The predicted octanol–water partition coefficient (Wildman–Crippen LogP) is 4.82. The van der Waals surface area contributed by atoms with Gasteiger partial charge in [-0.2, -0.15) is 5.10 Å². The van der Waals surface area contributed by atoms with E-state index in [1.54, 1.807) is 11.8 Å². The first kappa shape index (κ1) is 19.0. The van der Waals surface area contributed by atoms with Gasteiger partial charge in [-0.1, -0.05) is 12.1 Å². The standard InChI is InChI=1S/C24H23N5S/c1-2-6-21-19(4-1)5-3-7-22(21)29-24(17-30-20-10-14-26-15-11-20)27-23(28-29)16-18-8-12-25-13-9-18/h3,5,7-15H,1-2,4,6,16-17H2. The SMILES string of the molecule is c1cc2c(c(-n3nc(Cc4ccncc4)nc3CSc3ccncc3)c1)CCCC2. The first-order chi connectivity index (χ1) is 14.9. The zero-order chi connectivity index (χ0) is 20.2. The van der Waals surface area contributed by atoms with Crippen LogP contribution in [0.4, 0.5) is 0 Å². The topological polar surface area (TPSA) is 56.5 Å². The van der Waals surface area contributed by atoms with E-state index >= 15 is 0 Å². The normalized spacial score (nSPS) is 13.2. The van der Waals surface area contributed by atoms with Crippen LogP contribution in [0.5, 0.6) is 0 Å². The van der Waals surface area contributed by atoms with Gasteiger partial charge in [-0.05, 0) is 72.7 Å². The molecule has 5 rings (SSSR count). The maximum Gasteiger partial charge on any atom is 0.155 e. The van der Waals surface area contributed by atoms with Crippen LogP contribution in [0.15, 0.2) is 72.1 Å². The Bertz CT molecular complexity index is 1130. The Kier molecular flexibility index (Phi) is 5.57. The quantitative estimate of drug-likeness (QED) is 0.424. The average Bonchev–Trinajstić information content (AvgIpc) is 3.21. The van der Waals surface area contributed by atoms with Crippen molar-refractivity contribution < 1.29 is 0 Å². The average molecular weight is 414 g/mol. The maximum absolute atomic E-state index is 4.96. The molecule has 0 aliphatic heterocycles. The number of fused-ring (bicyclic) bond motifs is 1. The number of aromatic nitrogens is 5. The summed E-state index contributed by atoms with van der Waals surface area (Å²) in [5.74, 6) is 2.59. The molecule has 0 radical (unpaired) electrons. The molecule has 1 aromatic carbocycles. The third-order valence-corrected chi connectivity index (χ3v) is 6.45. The van der Waals surface area contributed by atoms with Crippen LogP contribution >= 0.6 is 11.8 Å². The van der Waals surface area contributed by atoms with Crippen LogP contribution < -0.4 is 0 Å². The summed E-state index contributed by atoms with van der Waals surface area (Å²) in [6, 6.07) is 14.7. The van der Waals surface area contributed by atoms with E-state index in [1.165, 1.54) is 40.1 Å². The molecule has 1 aliphatic carbocycles. The third-order valence-electron chi connectivity index (χ3n) is 5.45. The first-order valence-electron chi connectivity index (χ1n) is 10.3. The van der Waals surface area contributed by atoms with Crippen LogP contribution in [0.2, 0.25) is 0 Å². The monoisotopic (exact) mass is 413 g/mol. The van der Waals surface area contributed by atoms with Crippen molar-refractivity contribution in [3.8, 4) is 5.69 Å².